The molecule has 0 amide bonds. The van der Waals surface area contributed by atoms with Gasteiger partial charge in [-0.15, -0.1) is 0 Å². The average Bonchev–Trinajstić information content (AvgIpc) is 2.51. The molecule has 3 atom stereocenters. The Morgan fingerprint density at radius 2 is 1.68 bits per heavy atom. The second kappa shape index (κ2) is 10.6. The van der Waals surface area contributed by atoms with Gasteiger partial charge in [-0.3, -0.25) is 9.59 Å². The number of ether oxygens (including phenoxy) is 1. The standard InChI is InChI=1S/C18H32O4/c1-3-5-6-7-11-14(10-4-2)22-18(21)16-13-9-8-12-15(16)17(19)20/h14-16H,3-13H2,1-2H3,(H,19,20). The number of carbonyl (C=O) groups excluding carboxylic acids is 1. The highest BCUT2D eigenvalue weighted by atomic mass is 16.5. The van der Waals surface area contributed by atoms with E-state index in [1.165, 1.54) is 19.3 Å². The Morgan fingerprint density at radius 1 is 1.00 bits per heavy atom. The predicted molar refractivity (Wildman–Crippen MR) is 86.6 cm³/mol. The Labute approximate surface area is 134 Å². The van der Waals surface area contributed by atoms with E-state index < -0.39 is 17.8 Å². The molecular formula is C18H32O4. The highest BCUT2D eigenvalue weighted by Crippen LogP contribution is 2.32. The molecule has 0 saturated heterocycles. The number of aliphatic carboxylic acids is 1. The van der Waals surface area contributed by atoms with Crippen LogP contribution < -0.4 is 0 Å². The lowest BCUT2D eigenvalue weighted by Crippen LogP contribution is -2.35. The van der Waals surface area contributed by atoms with Gasteiger partial charge in [-0.25, -0.2) is 0 Å². The van der Waals surface area contributed by atoms with Crippen molar-refractivity contribution in [2.45, 2.75) is 90.6 Å². The van der Waals surface area contributed by atoms with Gasteiger partial charge in [-0.1, -0.05) is 52.4 Å². The molecule has 3 unspecified atom stereocenters. The normalized spacial score (nSPS) is 23.0. The highest BCUT2D eigenvalue weighted by molar-refractivity contribution is 5.81. The number of carboxylic acid groups (broad SMARTS) is 1. The molecule has 128 valence electrons. The lowest BCUT2D eigenvalue weighted by Gasteiger charge is -2.28. The molecule has 1 N–H and O–H groups in total. The third-order valence-corrected chi connectivity index (χ3v) is 4.66. The molecule has 1 aliphatic rings. The van der Waals surface area contributed by atoms with E-state index in [1.54, 1.807) is 0 Å². The number of carboxylic acids is 1. The number of unbranched alkanes of at least 4 members (excludes halogenated alkanes) is 3. The smallest absolute Gasteiger partial charge is 0.310 e. The molecule has 0 aromatic heterocycles. The lowest BCUT2D eigenvalue weighted by molar-refractivity contribution is -0.164. The first-order valence-electron chi connectivity index (χ1n) is 9.03. The topological polar surface area (TPSA) is 63.6 Å². The van der Waals surface area contributed by atoms with E-state index >= 15 is 0 Å². The monoisotopic (exact) mass is 312 g/mol. The van der Waals surface area contributed by atoms with Gasteiger partial charge in [0.15, 0.2) is 0 Å². The summed E-state index contributed by atoms with van der Waals surface area (Å²) < 4.78 is 5.69. The first kappa shape index (κ1) is 19.0. The lowest BCUT2D eigenvalue weighted by atomic mass is 9.79. The van der Waals surface area contributed by atoms with Gasteiger partial charge in [0.25, 0.3) is 0 Å². The molecule has 0 aromatic rings. The van der Waals surface area contributed by atoms with Crippen molar-refractivity contribution in [3.05, 3.63) is 0 Å². The number of esters is 1. The van der Waals surface area contributed by atoms with Crippen LogP contribution in [0.2, 0.25) is 0 Å². The Kier molecular flexibility index (Phi) is 9.17. The minimum atomic E-state index is -0.850. The zero-order valence-electron chi connectivity index (χ0n) is 14.2. The molecule has 0 bridgehead atoms. The molecule has 0 spiro atoms. The first-order chi connectivity index (χ1) is 10.6. The first-order valence-corrected chi connectivity index (χ1v) is 9.03. The molecule has 0 aliphatic heterocycles. The van der Waals surface area contributed by atoms with Crippen LogP contribution in [-0.4, -0.2) is 23.1 Å². The van der Waals surface area contributed by atoms with E-state index in [0.29, 0.717) is 12.8 Å². The summed E-state index contributed by atoms with van der Waals surface area (Å²) in [5.74, 6) is -2.12. The van der Waals surface area contributed by atoms with Crippen LogP contribution in [-0.2, 0) is 14.3 Å². The number of carbonyl (C=O) groups is 2. The van der Waals surface area contributed by atoms with Crippen molar-refractivity contribution in [1.82, 2.24) is 0 Å². The van der Waals surface area contributed by atoms with Crippen LogP contribution in [0.25, 0.3) is 0 Å². The molecule has 4 nitrogen and oxygen atoms in total. The van der Waals surface area contributed by atoms with Crippen molar-refractivity contribution in [2.24, 2.45) is 11.8 Å². The summed E-state index contributed by atoms with van der Waals surface area (Å²) in [5, 5.41) is 9.29. The van der Waals surface area contributed by atoms with E-state index in [-0.39, 0.29) is 12.1 Å². The molecule has 4 heteroatoms. The van der Waals surface area contributed by atoms with Crippen molar-refractivity contribution in [2.75, 3.05) is 0 Å². The second-order valence-electron chi connectivity index (χ2n) is 6.53. The molecule has 1 rings (SSSR count). The van der Waals surface area contributed by atoms with Crippen molar-refractivity contribution in [3.63, 3.8) is 0 Å². The van der Waals surface area contributed by atoms with Crippen LogP contribution in [0, 0.1) is 11.8 Å². The maximum Gasteiger partial charge on any atom is 0.310 e. The van der Waals surface area contributed by atoms with Gasteiger partial charge in [0.1, 0.15) is 6.10 Å². The van der Waals surface area contributed by atoms with Gasteiger partial charge in [-0.05, 0) is 32.1 Å². The minimum absolute atomic E-state index is 0.0364. The largest absolute Gasteiger partial charge is 0.481 e. The summed E-state index contributed by atoms with van der Waals surface area (Å²) in [6, 6.07) is 0. The maximum absolute atomic E-state index is 12.4. The van der Waals surface area contributed by atoms with Crippen molar-refractivity contribution >= 4 is 11.9 Å². The third-order valence-electron chi connectivity index (χ3n) is 4.66. The van der Waals surface area contributed by atoms with Crippen molar-refractivity contribution in [1.29, 1.82) is 0 Å². The van der Waals surface area contributed by atoms with E-state index in [4.69, 9.17) is 4.74 Å². The molecule has 0 heterocycles. The minimum Gasteiger partial charge on any atom is -0.481 e. The average molecular weight is 312 g/mol. The van der Waals surface area contributed by atoms with Gasteiger partial charge in [-0.2, -0.15) is 0 Å². The zero-order chi connectivity index (χ0) is 16.4. The molecule has 1 saturated carbocycles. The van der Waals surface area contributed by atoms with Crippen molar-refractivity contribution < 1.29 is 19.4 Å². The SMILES string of the molecule is CCCCCCC(CCC)OC(=O)C1CCCCC1C(=O)O. The number of rotatable bonds is 10. The fourth-order valence-electron chi connectivity index (χ4n) is 3.34. The highest BCUT2D eigenvalue weighted by Gasteiger charge is 2.37. The van der Waals surface area contributed by atoms with Crippen LogP contribution in [0.4, 0.5) is 0 Å². The molecule has 22 heavy (non-hydrogen) atoms. The van der Waals surface area contributed by atoms with Crippen LogP contribution in [0.3, 0.4) is 0 Å². The summed E-state index contributed by atoms with van der Waals surface area (Å²) in [7, 11) is 0. The van der Waals surface area contributed by atoms with E-state index in [1.807, 2.05) is 0 Å². The molecule has 0 radical (unpaired) electrons. The summed E-state index contributed by atoms with van der Waals surface area (Å²) in [6.45, 7) is 4.27. The molecule has 1 aliphatic carbocycles. The van der Waals surface area contributed by atoms with Gasteiger partial charge in [0.05, 0.1) is 11.8 Å². The summed E-state index contributed by atoms with van der Waals surface area (Å²) >= 11 is 0. The Balaban J connectivity index is 2.51. The van der Waals surface area contributed by atoms with Gasteiger partial charge < -0.3 is 9.84 Å². The molecule has 1 fully saturated rings. The summed E-state index contributed by atoms with van der Waals surface area (Å²) in [5.41, 5.74) is 0. The third kappa shape index (κ3) is 6.37. The summed E-state index contributed by atoms with van der Waals surface area (Å²) in [4.78, 5) is 23.7. The summed E-state index contributed by atoms with van der Waals surface area (Å²) in [6.07, 6.45) is 10.5. The van der Waals surface area contributed by atoms with Crippen LogP contribution in [0.1, 0.15) is 84.5 Å². The van der Waals surface area contributed by atoms with Gasteiger partial charge >= 0.3 is 11.9 Å². The molecular weight excluding hydrogens is 280 g/mol. The van der Waals surface area contributed by atoms with Gasteiger partial charge in [0, 0.05) is 0 Å². The second-order valence-corrected chi connectivity index (χ2v) is 6.53. The number of hydrogen-bond acceptors (Lipinski definition) is 3. The van der Waals surface area contributed by atoms with E-state index in [0.717, 1.165) is 38.5 Å². The fourth-order valence-corrected chi connectivity index (χ4v) is 3.34. The Hall–Kier alpha value is -1.06. The van der Waals surface area contributed by atoms with Crippen molar-refractivity contribution in [3.8, 4) is 0 Å². The van der Waals surface area contributed by atoms with Crippen LogP contribution in [0.5, 0.6) is 0 Å². The zero-order valence-corrected chi connectivity index (χ0v) is 14.2. The van der Waals surface area contributed by atoms with E-state index in [2.05, 4.69) is 13.8 Å². The Bertz CT molecular complexity index is 340. The van der Waals surface area contributed by atoms with Crippen LogP contribution >= 0.6 is 0 Å². The Morgan fingerprint density at radius 3 is 2.27 bits per heavy atom. The van der Waals surface area contributed by atoms with E-state index in [9.17, 15) is 14.7 Å². The fraction of sp³-hybridized carbons (Fsp3) is 0.889. The predicted octanol–water partition coefficient (Wildman–Crippen LogP) is 4.56. The maximum atomic E-state index is 12.4. The van der Waals surface area contributed by atoms with Gasteiger partial charge in [0.2, 0.25) is 0 Å². The quantitative estimate of drug-likeness (QED) is 0.474. The molecule has 0 aromatic carbocycles. The van der Waals surface area contributed by atoms with Crippen LogP contribution in [0.15, 0.2) is 0 Å². The number of hydrogen-bond donors (Lipinski definition) is 1.